The summed E-state index contributed by atoms with van der Waals surface area (Å²) >= 11 is 4.44. The van der Waals surface area contributed by atoms with E-state index in [-0.39, 0.29) is 42.8 Å². The van der Waals surface area contributed by atoms with Crippen LogP contribution in [0.2, 0.25) is 0 Å². The summed E-state index contributed by atoms with van der Waals surface area (Å²) in [4.78, 5) is 32.8. The molecule has 1 aromatic rings. The second-order valence-corrected chi connectivity index (χ2v) is 5.19. The van der Waals surface area contributed by atoms with Gasteiger partial charge in [0.25, 0.3) is 5.69 Å². The van der Waals surface area contributed by atoms with Crippen LogP contribution in [0.15, 0.2) is 36.4 Å². The van der Waals surface area contributed by atoms with Crippen molar-refractivity contribution in [1.82, 2.24) is 10.6 Å². The van der Waals surface area contributed by atoms with Crippen molar-refractivity contribution in [2.75, 3.05) is 13.1 Å². The van der Waals surface area contributed by atoms with E-state index in [0.29, 0.717) is 5.56 Å². The van der Waals surface area contributed by atoms with Crippen LogP contribution in [0.3, 0.4) is 0 Å². The molecule has 1 aromatic carbocycles. The number of ether oxygens (including phenoxy) is 1. The van der Waals surface area contributed by atoms with Crippen LogP contribution >= 0.6 is 12.2 Å². The molecule has 0 saturated carbocycles. The Kier molecular flexibility index (Phi) is 8.58. The largest absolute Gasteiger partial charge is 0.502 e. The topological polar surface area (TPSA) is 131 Å². The number of alkyl carbamates (subject to hydrolysis) is 1. The Morgan fingerprint density at radius 2 is 1.88 bits per heavy atom. The molecule has 0 aromatic heterocycles. The molecule has 0 spiro atoms. The lowest BCUT2D eigenvalue weighted by atomic mass is 10.2. The number of non-ortho nitro benzene ring substituents is 1. The smallest absolute Gasteiger partial charge is 0.407 e. The Bertz CT molecular complexity index is 660. The molecule has 0 bridgehead atoms. The van der Waals surface area contributed by atoms with E-state index in [2.05, 4.69) is 22.9 Å². The van der Waals surface area contributed by atoms with E-state index in [9.17, 15) is 19.7 Å². The van der Waals surface area contributed by atoms with Crippen molar-refractivity contribution < 1.29 is 24.4 Å². The van der Waals surface area contributed by atoms with Crippen LogP contribution in [-0.4, -0.2) is 40.2 Å². The summed E-state index contributed by atoms with van der Waals surface area (Å²) in [5.74, 6) is -0.378. The Balaban J connectivity index is 2.18. The quantitative estimate of drug-likeness (QED) is 0.199. The fourth-order valence-corrected chi connectivity index (χ4v) is 1.69. The zero-order chi connectivity index (χ0) is 18.7. The maximum atomic E-state index is 11.5. The van der Waals surface area contributed by atoms with Crippen molar-refractivity contribution >= 4 is 35.0 Å². The number of carbonyl (C=O) groups excluding carboxylic acids is 2. The summed E-state index contributed by atoms with van der Waals surface area (Å²) in [7, 11) is 0. The van der Waals surface area contributed by atoms with Gasteiger partial charge in [-0.25, -0.2) is 4.79 Å². The van der Waals surface area contributed by atoms with Gasteiger partial charge in [0, 0.05) is 31.6 Å². The van der Waals surface area contributed by atoms with Crippen molar-refractivity contribution in [2.45, 2.75) is 13.0 Å². The highest BCUT2D eigenvalue weighted by atomic mass is 32.1. The summed E-state index contributed by atoms with van der Waals surface area (Å²) in [6, 6.07) is 5.64. The fourth-order valence-electron chi connectivity index (χ4n) is 1.59. The molecule has 0 unspecified atom stereocenters. The Hall–Kier alpha value is -3.01. The third-order valence-corrected chi connectivity index (χ3v) is 2.94. The van der Waals surface area contributed by atoms with Gasteiger partial charge in [0.1, 0.15) is 6.61 Å². The van der Waals surface area contributed by atoms with E-state index in [1.54, 1.807) is 0 Å². The van der Waals surface area contributed by atoms with Gasteiger partial charge in [0.2, 0.25) is 5.91 Å². The molecule has 0 fully saturated rings. The average Bonchev–Trinajstić information content (AvgIpc) is 2.57. The summed E-state index contributed by atoms with van der Waals surface area (Å²) in [6.07, 6.45) is 2.10. The number of thiocarbonyl (C=S) groups is 1. The number of benzene rings is 1. The van der Waals surface area contributed by atoms with Crippen molar-refractivity contribution in [2.24, 2.45) is 0 Å². The molecular formula is C15H17N3O6S. The molecule has 0 aliphatic heterocycles. The third kappa shape index (κ3) is 9.01. The second kappa shape index (κ2) is 10.7. The Morgan fingerprint density at radius 3 is 2.48 bits per heavy atom. The number of amides is 2. The molecule has 0 radical (unpaired) electrons. The highest BCUT2D eigenvalue weighted by molar-refractivity contribution is 7.80. The van der Waals surface area contributed by atoms with Gasteiger partial charge >= 0.3 is 6.09 Å². The van der Waals surface area contributed by atoms with Gasteiger partial charge in [0.15, 0.2) is 5.05 Å². The number of nitrogens with zero attached hydrogens (tertiary/aromatic N) is 1. The fraction of sp³-hybridized carbons (Fsp3) is 0.267. The minimum absolute atomic E-state index is 0.0278. The molecule has 2 amide bonds. The maximum Gasteiger partial charge on any atom is 0.407 e. The standard InChI is InChI=1S/C15H17N3O6S/c19-13(2-1-3-14(20)25)16-8-9-17-15(21)24-10-11-4-6-12(7-5-11)18(22)23/h1-2,4-7H,3,8-10H2,(H,16,19)(H,17,21)(H,20,25)/b2-1-. The number of aliphatic hydroxyl groups excluding tert-OH is 1. The van der Waals surface area contributed by atoms with Crippen LogP contribution in [0.5, 0.6) is 0 Å². The summed E-state index contributed by atoms with van der Waals surface area (Å²) in [5, 5.41) is 24.0. The van der Waals surface area contributed by atoms with Crippen LogP contribution in [-0.2, 0) is 16.1 Å². The van der Waals surface area contributed by atoms with Crippen LogP contribution in [0.4, 0.5) is 10.5 Å². The molecule has 1 rings (SSSR count). The first-order valence-corrected chi connectivity index (χ1v) is 7.59. The van der Waals surface area contributed by atoms with Crippen molar-refractivity contribution in [1.29, 1.82) is 0 Å². The first-order valence-electron chi connectivity index (χ1n) is 7.18. The molecule has 0 aliphatic rings. The minimum Gasteiger partial charge on any atom is -0.502 e. The lowest BCUT2D eigenvalue weighted by molar-refractivity contribution is -0.384. The molecule has 3 N–H and O–H groups in total. The number of nitro groups is 1. The SMILES string of the molecule is O=C(/C=C\CC(O)=S)NCCNC(=O)OCc1ccc([N+](=O)[O-])cc1. The number of hydrogen-bond acceptors (Lipinski definition) is 6. The van der Waals surface area contributed by atoms with Gasteiger partial charge in [-0.15, -0.1) is 0 Å². The van der Waals surface area contributed by atoms with E-state index < -0.39 is 11.0 Å². The highest BCUT2D eigenvalue weighted by Crippen LogP contribution is 2.12. The van der Waals surface area contributed by atoms with Crippen LogP contribution in [0, 0.1) is 10.1 Å². The molecule has 0 atom stereocenters. The first kappa shape index (κ1) is 20.0. The Labute approximate surface area is 148 Å². The Morgan fingerprint density at radius 1 is 1.24 bits per heavy atom. The normalized spacial score (nSPS) is 10.2. The van der Waals surface area contributed by atoms with E-state index in [1.165, 1.54) is 36.4 Å². The molecule has 0 saturated heterocycles. The lowest BCUT2D eigenvalue weighted by Crippen LogP contribution is -2.34. The monoisotopic (exact) mass is 367 g/mol. The third-order valence-electron chi connectivity index (χ3n) is 2.77. The number of nitro benzene ring substituents is 1. The molecule has 10 heteroatoms. The van der Waals surface area contributed by atoms with Crippen molar-refractivity contribution in [3.05, 3.63) is 52.1 Å². The predicted octanol–water partition coefficient (Wildman–Crippen LogP) is 1.77. The predicted molar refractivity (Wildman–Crippen MR) is 93.3 cm³/mol. The van der Waals surface area contributed by atoms with Crippen LogP contribution < -0.4 is 10.6 Å². The average molecular weight is 367 g/mol. The van der Waals surface area contributed by atoms with Crippen molar-refractivity contribution in [3.8, 4) is 0 Å². The van der Waals surface area contributed by atoms with Crippen LogP contribution in [0.1, 0.15) is 12.0 Å². The summed E-state index contributed by atoms with van der Waals surface area (Å²) < 4.78 is 4.94. The molecule has 0 heterocycles. The minimum atomic E-state index is -0.672. The van der Waals surface area contributed by atoms with Gasteiger partial charge in [-0.3, -0.25) is 14.9 Å². The zero-order valence-corrected chi connectivity index (χ0v) is 14.0. The molecule has 9 nitrogen and oxygen atoms in total. The second-order valence-electron chi connectivity index (χ2n) is 4.72. The zero-order valence-electron chi connectivity index (χ0n) is 13.1. The van der Waals surface area contributed by atoms with E-state index >= 15 is 0 Å². The molecule has 0 aliphatic carbocycles. The van der Waals surface area contributed by atoms with E-state index in [0.717, 1.165) is 0 Å². The van der Waals surface area contributed by atoms with Gasteiger partial charge in [-0.1, -0.05) is 6.08 Å². The van der Waals surface area contributed by atoms with Crippen molar-refractivity contribution in [3.63, 3.8) is 0 Å². The van der Waals surface area contributed by atoms with Gasteiger partial charge in [-0.05, 0) is 36.0 Å². The van der Waals surface area contributed by atoms with E-state index in [4.69, 9.17) is 9.84 Å². The number of aliphatic hydroxyl groups is 1. The number of rotatable bonds is 9. The summed E-state index contributed by atoms with van der Waals surface area (Å²) in [5.41, 5.74) is 0.569. The highest BCUT2D eigenvalue weighted by Gasteiger charge is 2.06. The van der Waals surface area contributed by atoms with Gasteiger partial charge < -0.3 is 20.5 Å². The van der Waals surface area contributed by atoms with E-state index in [1.807, 2.05) is 0 Å². The number of hydrogen-bond donors (Lipinski definition) is 3. The number of nitrogens with one attached hydrogen (secondary N) is 2. The first-order chi connectivity index (χ1) is 11.9. The molecular weight excluding hydrogens is 350 g/mol. The number of carbonyl (C=O) groups is 2. The van der Waals surface area contributed by atoms with Gasteiger partial charge in [-0.2, -0.15) is 0 Å². The van der Waals surface area contributed by atoms with Gasteiger partial charge in [0.05, 0.1) is 4.92 Å². The molecule has 134 valence electrons. The van der Waals surface area contributed by atoms with Crippen LogP contribution in [0.25, 0.3) is 0 Å². The lowest BCUT2D eigenvalue weighted by Gasteiger charge is -2.07. The molecule has 25 heavy (non-hydrogen) atoms. The summed E-state index contributed by atoms with van der Waals surface area (Å²) in [6.45, 7) is 0.330. The maximum absolute atomic E-state index is 11.5.